The summed E-state index contributed by atoms with van der Waals surface area (Å²) in [6.07, 6.45) is 6.14. The molecule has 1 saturated carbocycles. The first-order chi connectivity index (χ1) is 7.15. The van der Waals surface area contributed by atoms with E-state index >= 15 is 0 Å². The molecule has 2 rings (SSSR count). The molecular weight excluding hydrogens is 192 g/mol. The van der Waals surface area contributed by atoms with Crippen LogP contribution < -0.4 is 0 Å². The lowest BCUT2D eigenvalue weighted by atomic mass is 9.74. The summed E-state index contributed by atoms with van der Waals surface area (Å²) >= 11 is 0. The smallest absolute Gasteiger partial charge is 0.319 e. The molecule has 1 unspecified atom stereocenters. The van der Waals surface area contributed by atoms with E-state index < -0.39 is 5.41 Å². The number of Topliss-reactive ketones (excluding diaryl/α,β-unsaturated/α-hetero) is 1. The predicted molar refractivity (Wildman–Crippen MR) is 55.3 cm³/mol. The molecule has 0 aromatic heterocycles. The van der Waals surface area contributed by atoms with Crippen LogP contribution in [0.3, 0.4) is 0 Å². The Labute approximate surface area is 90.2 Å². The summed E-state index contributed by atoms with van der Waals surface area (Å²) in [5.41, 5.74) is -0.783. The van der Waals surface area contributed by atoms with Crippen molar-refractivity contribution in [3.8, 4) is 0 Å². The van der Waals surface area contributed by atoms with Gasteiger partial charge in [0, 0.05) is 6.42 Å². The Hall–Kier alpha value is -0.860. The second kappa shape index (κ2) is 3.95. The SMILES string of the molecule is CC(=O)C1(CC2CCCC2)CCOC1=O. The van der Waals surface area contributed by atoms with Crippen LogP contribution in [0.25, 0.3) is 0 Å². The summed E-state index contributed by atoms with van der Waals surface area (Å²) in [6, 6.07) is 0. The lowest BCUT2D eigenvalue weighted by molar-refractivity contribution is -0.151. The van der Waals surface area contributed by atoms with Crippen LogP contribution in [0.2, 0.25) is 0 Å². The summed E-state index contributed by atoms with van der Waals surface area (Å²) in [6.45, 7) is 1.95. The fraction of sp³-hybridized carbons (Fsp3) is 0.833. The highest BCUT2D eigenvalue weighted by Gasteiger charge is 2.49. The first-order valence-corrected chi connectivity index (χ1v) is 5.83. The molecule has 0 bridgehead atoms. The zero-order valence-electron chi connectivity index (χ0n) is 9.25. The summed E-state index contributed by atoms with van der Waals surface area (Å²) in [7, 11) is 0. The summed E-state index contributed by atoms with van der Waals surface area (Å²) in [5.74, 6) is 0.276. The normalized spacial score (nSPS) is 31.9. The summed E-state index contributed by atoms with van der Waals surface area (Å²) < 4.78 is 4.98. The maximum Gasteiger partial charge on any atom is 0.319 e. The van der Waals surface area contributed by atoms with E-state index in [1.165, 1.54) is 32.6 Å². The third kappa shape index (κ3) is 1.80. The Kier molecular flexibility index (Phi) is 2.81. The number of hydrogen-bond acceptors (Lipinski definition) is 3. The maximum atomic E-state index is 11.7. The summed E-state index contributed by atoms with van der Waals surface area (Å²) in [4.78, 5) is 23.3. The minimum atomic E-state index is -0.783. The van der Waals surface area contributed by atoms with Crippen LogP contribution in [0.1, 0.15) is 45.4 Å². The van der Waals surface area contributed by atoms with Crippen molar-refractivity contribution < 1.29 is 14.3 Å². The van der Waals surface area contributed by atoms with Crippen LogP contribution in [0.5, 0.6) is 0 Å². The average molecular weight is 210 g/mol. The van der Waals surface area contributed by atoms with E-state index in [0.29, 0.717) is 18.9 Å². The van der Waals surface area contributed by atoms with Gasteiger partial charge in [0.15, 0.2) is 0 Å². The van der Waals surface area contributed by atoms with Gasteiger partial charge in [-0.15, -0.1) is 0 Å². The largest absolute Gasteiger partial charge is 0.465 e. The van der Waals surface area contributed by atoms with Crippen LogP contribution in [-0.2, 0) is 14.3 Å². The van der Waals surface area contributed by atoms with Gasteiger partial charge in [-0.05, 0) is 19.3 Å². The number of carbonyl (C=O) groups is 2. The molecule has 1 atom stereocenters. The van der Waals surface area contributed by atoms with Crippen molar-refractivity contribution in [1.29, 1.82) is 0 Å². The average Bonchev–Trinajstić information content (AvgIpc) is 2.78. The molecule has 0 amide bonds. The number of hydrogen-bond donors (Lipinski definition) is 0. The molecule has 84 valence electrons. The van der Waals surface area contributed by atoms with E-state index in [4.69, 9.17) is 4.74 Å². The number of cyclic esters (lactones) is 1. The Morgan fingerprint density at radius 1 is 1.47 bits per heavy atom. The molecule has 1 saturated heterocycles. The zero-order chi connectivity index (χ0) is 10.9. The van der Waals surface area contributed by atoms with E-state index in [1.54, 1.807) is 0 Å². The Morgan fingerprint density at radius 3 is 2.60 bits per heavy atom. The molecule has 3 heteroatoms. The Bertz CT molecular complexity index is 279. The minimum Gasteiger partial charge on any atom is -0.465 e. The highest BCUT2D eigenvalue weighted by molar-refractivity contribution is 6.03. The monoisotopic (exact) mass is 210 g/mol. The van der Waals surface area contributed by atoms with E-state index in [-0.39, 0.29) is 11.8 Å². The van der Waals surface area contributed by atoms with Crippen LogP contribution in [-0.4, -0.2) is 18.4 Å². The molecule has 0 aromatic carbocycles. The van der Waals surface area contributed by atoms with Crippen molar-refractivity contribution in [2.45, 2.75) is 45.4 Å². The van der Waals surface area contributed by atoms with Gasteiger partial charge in [0.25, 0.3) is 0 Å². The number of ether oxygens (including phenoxy) is 1. The number of esters is 1. The molecule has 0 radical (unpaired) electrons. The fourth-order valence-electron chi connectivity index (χ4n) is 2.91. The third-order valence-corrected chi connectivity index (χ3v) is 3.94. The van der Waals surface area contributed by atoms with Gasteiger partial charge < -0.3 is 4.74 Å². The van der Waals surface area contributed by atoms with Crippen molar-refractivity contribution in [3.05, 3.63) is 0 Å². The molecule has 1 aliphatic heterocycles. The fourth-order valence-corrected chi connectivity index (χ4v) is 2.91. The summed E-state index contributed by atoms with van der Waals surface area (Å²) in [5, 5.41) is 0. The van der Waals surface area contributed by atoms with Crippen LogP contribution in [0.4, 0.5) is 0 Å². The van der Waals surface area contributed by atoms with Crippen molar-refractivity contribution in [2.24, 2.45) is 11.3 Å². The minimum absolute atomic E-state index is 0.00287. The quantitative estimate of drug-likeness (QED) is 0.529. The Balaban J connectivity index is 2.11. The van der Waals surface area contributed by atoms with Gasteiger partial charge in [0.05, 0.1) is 6.61 Å². The number of ketones is 1. The van der Waals surface area contributed by atoms with Crippen LogP contribution in [0, 0.1) is 11.3 Å². The van der Waals surface area contributed by atoms with Crippen LogP contribution in [0.15, 0.2) is 0 Å². The van der Waals surface area contributed by atoms with Crippen molar-refractivity contribution in [1.82, 2.24) is 0 Å². The molecule has 0 spiro atoms. The molecule has 15 heavy (non-hydrogen) atoms. The van der Waals surface area contributed by atoms with Crippen LogP contribution >= 0.6 is 0 Å². The van der Waals surface area contributed by atoms with Gasteiger partial charge in [-0.3, -0.25) is 9.59 Å². The van der Waals surface area contributed by atoms with Gasteiger partial charge in [-0.2, -0.15) is 0 Å². The molecule has 1 heterocycles. The first kappa shape index (κ1) is 10.7. The lowest BCUT2D eigenvalue weighted by Crippen LogP contribution is -2.35. The molecule has 2 fully saturated rings. The molecular formula is C12H18O3. The molecule has 0 N–H and O–H groups in total. The second-order valence-corrected chi connectivity index (χ2v) is 4.88. The van der Waals surface area contributed by atoms with E-state index in [2.05, 4.69) is 0 Å². The highest BCUT2D eigenvalue weighted by atomic mass is 16.5. The second-order valence-electron chi connectivity index (χ2n) is 4.88. The topological polar surface area (TPSA) is 43.4 Å². The van der Waals surface area contributed by atoms with Gasteiger partial charge in [0.2, 0.25) is 0 Å². The zero-order valence-corrected chi connectivity index (χ0v) is 9.25. The third-order valence-electron chi connectivity index (χ3n) is 3.94. The number of rotatable bonds is 3. The first-order valence-electron chi connectivity index (χ1n) is 5.83. The standard InChI is InChI=1S/C12H18O3/c1-9(13)12(6-7-15-11(12)14)8-10-4-2-3-5-10/h10H,2-8H2,1H3. The predicted octanol–water partition coefficient (Wildman–Crippen LogP) is 2.09. The highest BCUT2D eigenvalue weighted by Crippen LogP contribution is 2.42. The molecule has 3 nitrogen and oxygen atoms in total. The van der Waals surface area contributed by atoms with Gasteiger partial charge in [-0.1, -0.05) is 25.7 Å². The van der Waals surface area contributed by atoms with Crippen molar-refractivity contribution >= 4 is 11.8 Å². The van der Waals surface area contributed by atoms with E-state index in [1.807, 2.05) is 0 Å². The molecule has 1 aliphatic carbocycles. The Morgan fingerprint density at radius 2 is 2.13 bits per heavy atom. The maximum absolute atomic E-state index is 11.7. The molecule has 0 aromatic rings. The van der Waals surface area contributed by atoms with E-state index in [9.17, 15) is 9.59 Å². The van der Waals surface area contributed by atoms with Crippen molar-refractivity contribution in [2.75, 3.05) is 6.61 Å². The van der Waals surface area contributed by atoms with Gasteiger partial charge >= 0.3 is 5.97 Å². The molecule has 2 aliphatic rings. The van der Waals surface area contributed by atoms with Crippen molar-refractivity contribution in [3.63, 3.8) is 0 Å². The number of carbonyl (C=O) groups excluding carboxylic acids is 2. The van der Waals surface area contributed by atoms with Gasteiger partial charge in [-0.25, -0.2) is 0 Å². The van der Waals surface area contributed by atoms with Gasteiger partial charge in [0.1, 0.15) is 11.2 Å². The van der Waals surface area contributed by atoms with E-state index in [0.717, 1.165) is 6.42 Å². The lowest BCUT2D eigenvalue weighted by Gasteiger charge is -2.24.